The summed E-state index contributed by atoms with van der Waals surface area (Å²) in [5, 5.41) is 10.3. The highest BCUT2D eigenvalue weighted by atomic mass is 16.1. The van der Waals surface area contributed by atoms with Crippen molar-refractivity contribution in [1.82, 2.24) is 14.1 Å². The van der Waals surface area contributed by atoms with Crippen molar-refractivity contribution in [3.63, 3.8) is 0 Å². The van der Waals surface area contributed by atoms with Crippen molar-refractivity contribution in [3.8, 4) is 11.8 Å². The molecule has 0 atom stereocenters. The first-order valence-electron chi connectivity index (χ1n) is 9.62. The molecule has 4 aromatic rings. The first-order valence-corrected chi connectivity index (χ1v) is 9.62. The molecule has 0 aliphatic carbocycles. The molecule has 5 heteroatoms. The molecule has 30 heavy (non-hydrogen) atoms. The Morgan fingerprint density at radius 3 is 2.53 bits per heavy atom. The standard InChI is InChI=1S/C25H22N4O/c1-6-16(2)17-7-12-21-20(13-17)23-22(14-27-21)28(5)24(30)29(23)19-10-8-18(9-11-19)25(3,4)15-26/h6-14H,1-2H2,3-5H3. The Hall–Kier alpha value is -3.91. The van der Waals surface area contributed by atoms with Crippen LogP contribution in [0.1, 0.15) is 25.0 Å². The fourth-order valence-electron chi connectivity index (χ4n) is 3.65. The van der Waals surface area contributed by atoms with E-state index in [9.17, 15) is 10.1 Å². The van der Waals surface area contributed by atoms with E-state index < -0.39 is 5.41 Å². The topological polar surface area (TPSA) is 63.6 Å². The lowest BCUT2D eigenvalue weighted by Gasteiger charge is -2.16. The van der Waals surface area contributed by atoms with Crippen molar-refractivity contribution in [2.45, 2.75) is 19.3 Å². The Morgan fingerprint density at radius 2 is 1.90 bits per heavy atom. The molecule has 148 valence electrons. The number of nitriles is 1. The Morgan fingerprint density at radius 1 is 1.20 bits per heavy atom. The minimum atomic E-state index is -0.598. The molecule has 2 aromatic heterocycles. The number of allylic oxidation sites excluding steroid dienone is 2. The second-order valence-electron chi connectivity index (χ2n) is 7.91. The Kier molecular flexibility index (Phi) is 4.43. The number of aromatic nitrogens is 3. The SMILES string of the molecule is C=CC(=C)c1ccc2ncc3c(c2c1)n(-c1ccc(C(C)(C)C#N)cc1)c(=O)n3C. The number of benzene rings is 2. The molecule has 0 aliphatic heterocycles. The van der Waals surface area contributed by atoms with Crippen LogP contribution in [0.5, 0.6) is 0 Å². The van der Waals surface area contributed by atoms with E-state index in [0.717, 1.165) is 44.3 Å². The van der Waals surface area contributed by atoms with Gasteiger partial charge in [-0.05, 0) is 54.8 Å². The summed E-state index contributed by atoms with van der Waals surface area (Å²) in [5.41, 5.74) is 4.96. The van der Waals surface area contributed by atoms with Gasteiger partial charge in [0.1, 0.15) is 0 Å². The molecule has 0 amide bonds. The minimum Gasteiger partial charge on any atom is -0.293 e. The van der Waals surface area contributed by atoms with E-state index in [1.807, 2.05) is 56.3 Å². The minimum absolute atomic E-state index is 0.153. The molecule has 0 saturated carbocycles. The van der Waals surface area contributed by atoms with E-state index in [4.69, 9.17) is 0 Å². The second-order valence-corrected chi connectivity index (χ2v) is 7.91. The monoisotopic (exact) mass is 394 g/mol. The van der Waals surface area contributed by atoms with Crippen LogP contribution >= 0.6 is 0 Å². The van der Waals surface area contributed by atoms with Crippen LogP contribution in [0.25, 0.3) is 33.2 Å². The number of nitrogens with zero attached hydrogens (tertiary/aromatic N) is 4. The molecule has 0 aliphatic rings. The molecular formula is C25H22N4O. The first-order chi connectivity index (χ1) is 14.3. The highest BCUT2D eigenvalue weighted by Crippen LogP contribution is 2.29. The van der Waals surface area contributed by atoms with Gasteiger partial charge in [-0.2, -0.15) is 5.26 Å². The zero-order valence-corrected chi connectivity index (χ0v) is 17.3. The van der Waals surface area contributed by atoms with Crippen LogP contribution in [-0.4, -0.2) is 14.1 Å². The van der Waals surface area contributed by atoms with Crippen LogP contribution in [0.3, 0.4) is 0 Å². The Balaban J connectivity index is 2.04. The number of aryl methyl sites for hydroxylation is 1. The van der Waals surface area contributed by atoms with E-state index in [1.54, 1.807) is 28.5 Å². The lowest BCUT2D eigenvalue weighted by Crippen LogP contribution is -2.21. The summed E-state index contributed by atoms with van der Waals surface area (Å²) in [4.78, 5) is 17.7. The van der Waals surface area contributed by atoms with Crippen LogP contribution in [0, 0.1) is 11.3 Å². The zero-order valence-electron chi connectivity index (χ0n) is 17.3. The van der Waals surface area contributed by atoms with Gasteiger partial charge in [-0.25, -0.2) is 4.79 Å². The van der Waals surface area contributed by atoms with Crippen LogP contribution in [-0.2, 0) is 12.5 Å². The van der Waals surface area contributed by atoms with Gasteiger partial charge in [0.05, 0.1) is 39.9 Å². The highest BCUT2D eigenvalue weighted by Gasteiger charge is 2.21. The highest BCUT2D eigenvalue weighted by molar-refractivity contribution is 6.04. The molecule has 4 rings (SSSR count). The van der Waals surface area contributed by atoms with E-state index in [0.29, 0.717) is 0 Å². The van der Waals surface area contributed by atoms with Crippen molar-refractivity contribution in [1.29, 1.82) is 5.26 Å². The van der Waals surface area contributed by atoms with Crippen molar-refractivity contribution >= 4 is 27.5 Å². The maximum atomic E-state index is 13.2. The lowest BCUT2D eigenvalue weighted by atomic mass is 9.86. The third-order valence-corrected chi connectivity index (χ3v) is 5.63. The smallest absolute Gasteiger partial charge is 0.293 e. The molecular weight excluding hydrogens is 372 g/mol. The maximum Gasteiger partial charge on any atom is 0.333 e. The summed E-state index contributed by atoms with van der Waals surface area (Å²) in [6.07, 6.45) is 3.44. The largest absolute Gasteiger partial charge is 0.333 e. The zero-order chi connectivity index (χ0) is 21.6. The quantitative estimate of drug-likeness (QED) is 0.464. The summed E-state index contributed by atoms with van der Waals surface area (Å²) in [7, 11) is 1.74. The van der Waals surface area contributed by atoms with Crippen LogP contribution < -0.4 is 5.69 Å². The van der Waals surface area contributed by atoms with Gasteiger partial charge < -0.3 is 0 Å². The van der Waals surface area contributed by atoms with Gasteiger partial charge in [0.25, 0.3) is 0 Å². The number of pyridine rings is 1. The molecule has 2 heterocycles. The number of imidazole rings is 1. The maximum absolute atomic E-state index is 13.2. The summed E-state index contributed by atoms with van der Waals surface area (Å²) in [6.45, 7) is 11.6. The molecule has 5 nitrogen and oxygen atoms in total. The second kappa shape index (κ2) is 6.85. The van der Waals surface area contributed by atoms with Gasteiger partial charge in [-0.1, -0.05) is 37.4 Å². The van der Waals surface area contributed by atoms with Crippen molar-refractivity contribution in [2.75, 3.05) is 0 Å². The Bertz CT molecular complexity index is 1430. The summed E-state index contributed by atoms with van der Waals surface area (Å²) >= 11 is 0. The number of hydrogen-bond acceptors (Lipinski definition) is 3. The fraction of sp³-hybridized carbons (Fsp3) is 0.160. The van der Waals surface area contributed by atoms with Gasteiger partial charge in [0.15, 0.2) is 0 Å². The van der Waals surface area contributed by atoms with Crippen LogP contribution in [0.2, 0.25) is 0 Å². The summed E-state index contributed by atoms with van der Waals surface area (Å²) < 4.78 is 3.30. The van der Waals surface area contributed by atoms with Gasteiger partial charge in [0, 0.05) is 12.4 Å². The van der Waals surface area contributed by atoms with Gasteiger partial charge in [-0.3, -0.25) is 14.1 Å². The molecule has 0 spiro atoms. The Labute approximate surface area is 174 Å². The molecule has 0 radical (unpaired) electrons. The van der Waals surface area contributed by atoms with E-state index in [1.165, 1.54) is 0 Å². The van der Waals surface area contributed by atoms with Gasteiger partial charge in [-0.15, -0.1) is 0 Å². The van der Waals surface area contributed by atoms with Crippen LogP contribution in [0.4, 0.5) is 0 Å². The third-order valence-electron chi connectivity index (χ3n) is 5.63. The molecule has 0 unspecified atom stereocenters. The predicted octanol–water partition coefficient (Wildman–Crippen LogP) is 4.88. The average molecular weight is 394 g/mol. The van der Waals surface area contributed by atoms with Crippen molar-refractivity contribution in [2.24, 2.45) is 7.05 Å². The van der Waals surface area contributed by atoms with Crippen molar-refractivity contribution < 1.29 is 0 Å². The number of fused-ring (bicyclic) bond motifs is 3. The van der Waals surface area contributed by atoms with Gasteiger partial charge >= 0.3 is 5.69 Å². The predicted molar refractivity (Wildman–Crippen MR) is 122 cm³/mol. The normalized spacial score (nSPS) is 11.5. The van der Waals surface area contributed by atoms with Gasteiger partial charge in [0.2, 0.25) is 0 Å². The van der Waals surface area contributed by atoms with Crippen LogP contribution in [0.15, 0.2) is 72.7 Å². The molecule has 2 aromatic carbocycles. The molecule has 0 saturated heterocycles. The number of hydrogen-bond donors (Lipinski definition) is 0. The first kappa shape index (κ1) is 19.4. The van der Waals surface area contributed by atoms with Crippen molar-refractivity contribution in [3.05, 3.63) is 89.5 Å². The van der Waals surface area contributed by atoms with E-state index >= 15 is 0 Å². The molecule has 0 fully saturated rings. The van der Waals surface area contributed by atoms with E-state index in [2.05, 4.69) is 24.2 Å². The summed E-state index contributed by atoms with van der Waals surface area (Å²) in [6, 6.07) is 15.8. The summed E-state index contributed by atoms with van der Waals surface area (Å²) in [5.74, 6) is 0. The third kappa shape index (κ3) is 2.85. The lowest BCUT2D eigenvalue weighted by molar-refractivity contribution is 0.686. The molecule has 0 N–H and O–H groups in total. The number of rotatable bonds is 4. The fourth-order valence-corrected chi connectivity index (χ4v) is 3.65. The average Bonchev–Trinajstić information content (AvgIpc) is 3.03. The van der Waals surface area contributed by atoms with E-state index in [-0.39, 0.29) is 5.69 Å². The molecule has 0 bridgehead atoms.